The van der Waals surface area contributed by atoms with Gasteiger partial charge in [-0.15, -0.1) is 11.6 Å². The van der Waals surface area contributed by atoms with Crippen molar-refractivity contribution in [2.45, 2.75) is 24.8 Å². The molecule has 0 aromatic heterocycles. The van der Waals surface area contributed by atoms with Gasteiger partial charge in [0.25, 0.3) is 0 Å². The van der Waals surface area contributed by atoms with Gasteiger partial charge in [0.05, 0.1) is 5.88 Å². The van der Waals surface area contributed by atoms with Crippen LogP contribution in [0.3, 0.4) is 0 Å². The first-order chi connectivity index (χ1) is 8.63. The zero-order valence-electron chi connectivity index (χ0n) is 11.0. The molecule has 0 aliphatic carbocycles. The maximum atomic E-state index is 13.7. The first-order valence-electron chi connectivity index (χ1n) is 6.38. The van der Waals surface area contributed by atoms with Gasteiger partial charge in [-0.3, -0.25) is 0 Å². The summed E-state index contributed by atoms with van der Waals surface area (Å²) in [4.78, 5) is 4.52. The quantitative estimate of drug-likeness (QED) is 0.779. The minimum Gasteiger partial charge on any atom is -0.371 e. The van der Waals surface area contributed by atoms with Crippen molar-refractivity contribution in [3.05, 3.63) is 29.6 Å². The summed E-state index contributed by atoms with van der Waals surface area (Å²) in [7, 11) is 4.18. The van der Waals surface area contributed by atoms with Gasteiger partial charge in [-0.05, 0) is 45.1 Å². The lowest BCUT2D eigenvalue weighted by Crippen LogP contribution is -2.42. The van der Waals surface area contributed by atoms with Crippen LogP contribution in [-0.2, 0) is 5.88 Å². The van der Waals surface area contributed by atoms with Crippen LogP contribution < -0.4 is 4.90 Å². The Bertz CT molecular complexity index is 403. The Morgan fingerprint density at radius 3 is 2.67 bits per heavy atom. The Kier molecular flexibility index (Phi) is 4.46. The Balaban J connectivity index is 2.18. The van der Waals surface area contributed by atoms with E-state index < -0.39 is 0 Å². The predicted molar refractivity (Wildman–Crippen MR) is 74.9 cm³/mol. The van der Waals surface area contributed by atoms with E-state index in [0.717, 1.165) is 31.6 Å². The van der Waals surface area contributed by atoms with E-state index in [9.17, 15) is 4.39 Å². The van der Waals surface area contributed by atoms with Crippen molar-refractivity contribution in [2.24, 2.45) is 0 Å². The molecule has 2 rings (SSSR count). The number of piperidine rings is 1. The number of rotatable bonds is 3. The van der Waals surface area contributed by atoms with Gasteiger partial charge in [0.2, 0.25) is 0 Å². The van der Waals surface area contributed by atoms with Gasteiger partial charge in [0, 0.05) is 24.3 Å². The molecule has 0 saturated carbocycles. The maximum Gasteiger partial charge on any atom is 0.129 e. The number of hydrogen-bond acceptors (Lipinski definition) is 2. The molecule has 4 heteroatoms. The largest absolute Gasteiger partial charge is 0.371 e. The average molecular weight is 271 g/mol. The van der Waals surface area contributed by atoms with Crippen molar-refractivity contribution in [2.75, 3.05) is 32.1 Å². The molecular formula is C14H20ClFN2. The molecule has 1 fully saturated rings. The third kappa shape index (κ3) is 2.78. The summed E-state index contributed by atoms with van der Waals surface area (Å²) in [6.45, 7) is 2.20. The monoisotopic (exact) mass is 270 g/mol. The third-order valence-electron chi connectivity index (χ3n) is 3.84. The van der Waals surface area contributed by atoms with E-state index in [1.165, 1.54) is 6.07 Å². The Morgan fingerprint density at radius 1 is 1.39 bits per heavy atom. The number of benzene rings is 1. The summed E-state index contributed by atoms with van der Waals surface area (Å²) in [5, 5.41) is 0. The highest BCUT2D eigenvalue weighted by atomic mass is 35.5. The minimum absolute atomic E-state index is 0.206. The van der Waals surface area contributed by atoms with Crippen LogP contribution in [0.5, 0.6) is 0 Å². The molecule has 100 valence electrons. The molecule has 1 saturated heterocycles. The summed E-state index contributed by atoms with van der Waals surface area (Å²) >= 11 is 5.87. The van der Waals surface area contributed by atoms with Crippen molar-refractivity contribution in [1.29, 1.82) is 0 Å². The van der Waals surface area contributed by atoms with Crippen LogP contribution in [0.25, 0.3) is 0 Å². The van der Waals surface area contributed by atoms with E-state index in [-0.39, 0.29) is 11.7 Å². The summed E-state index contributed by atoms with van der Waals surface area (Å²) in [5.41, 5.74) is 1.54. The van der Waals surface area contributed by atoms with Gasteiger partial charge in [-0.1, -0.05) is 6.07 Å². The lowest BCUT2D eigenvalue weighted by atomic mass is 10.0. The third-order valence-corrected chi connectivity index (χ3v) is 4.11. The molecule has 1 aromatic rings. The topological polar surface area (TPSA) is 6.48 Å². The van der Waals surface area contributed by atoms with E-state index in [2.05, 4.69) is 16.8 Å². The molecule has 0 N–H and O–H groups in total. The Hall–Kier alpha value is -0.800. The standard InChI is InChI=1S/C14H20ClFN2/c1-17-8-6-11(7-9-17)18(2)14-5-3-4-13(16)12(14)10-15/h3-5,11H,6-10H2,1-2H3. The van der Waals surface area contributed by atoms with E-state index in [4.69, 9.17) is 11.6 Å². The first kappa shape index (κ1) is 13.6. The molecule has 2 nitrogen and oxygen atoms in total. The molecule has 1 heterocycles. The number of likely N-dealkylation sites (tertiary alicyclic amines) is 1. The van der Waals surface area contributed by atoms with E-state index in [0.29, 0.717) is 11.6 Å². The molecule has 18 heavy (non-hydrogen) atoms. The smallest absolute Gasteiger partial charge is 0.129 e. The molecule has 0 spiro atoms. The predicted octanol–water partition coefficient (Wildman–Crippen LogP) is 3.09. The van der Waals surface area contributed by atoms with Crippen LogP contribution in [0.15, 0.2) is 18.2 Å². The SMILES string of the molecule is CN1CCC(N(C)c2cccc(F)c2CCl)CC1. The van der Waals surface area contributed by atoms with Crippen molar-refractivity contribution in [3.63, 3.8) is 0 Å². The first-order valence-corrected chi connectivity index (χ1v) is 6.91. The van der Waals surface area contributed by atoms with Gasteiger partial charge < -0.3 is 9.80 Å². The number of alkyl halides is 1. The van der Waals surface area contributed by atoms with Gasteiger partial charge in [0.1, 0.15) is 5.82 Å². The average Bonchev–Trinajstić information content (AvgIpc) is 2.38. The molecule has 0 amide bonds. The number of hydrogen-bond donors (Lipinski definition) is 0. The summed E-state index contributed by atoms with van der Waals surface area (Å²) < 4.78 is 13.7. The second-order valence-corrected chi connectivity index (χ2v) is 5.28. The molecule has 0 atom stereocenters. The fourth-order valence-corrected chi connectivity index (χ4v) is 2.85. The maximum absolute atomic E-state index is 13.7. The minimum atomic E-state index is -0.206. The van der Waals surface area contributed by atoms with Crippen LogP contribution in [0.1, 0.15) is 18.4 Å². The van der Waals surface area contributed by atoms with Crippen molar-refractivity contribution in [1.82, 2.24) is 4.90 Å². The lowest BCUT2D eigenvalue weighted by Gasteiger charge is -2.37. The van der Waals surface area contributed by atoms with Crippen LogP contribution in [-0.4, -0.2) is 38.1 Å². The lowest BCUT2D eigenvalue weighted by molar-refractivity contribution is 0.252. The molecule has 1 aliphatic heterocycles. The van der Waals surface area contributed by atoms with Crippen LogP contribution in [0, 0.1) is 5.82 Å². The fraction of sp³-hybridized carbons (Fsp3) is 0.571. The molecule has 0 radical (unpaired) electrons. The normalized spacial score (nSPS) is 18.0. The van der Waals surface area contributed by atoms with Gasteiger partial charge in [0.15, 0.2) is 0 Å². The van der Waals surface area contributed by atoms with Gasteiger partial charge in [-0.2, -0.15) is 0 Å². The van der Waals surface area contributed by atoms with Gasteiger partial charge >= 0.3 is 0 Å². The Labute approximate surface area is 113 Å². The van der Waals surface area contributed by atoms with Gasteiger partial charge in [-0.25, -0.2) is 4.39 Å². The summed E-state index contributed by atoms with van der Waals surface area (Å²) in [6, 6.07) is 5.67. The number of nitrogens with zero attached hydrogens (tertiary/aromatic N) is 2. The second kappa shape index (κ2) is 5.89. The van der Waals surface area contributed by atoms with Crippen molar-refractivity contribution >= 4 is 17.3 Å². The molecule has 0 unspecified atom stereocenters. The molecular weight excluding hydrogens is 251 g/mol. The van der Waals surface area contributed by atoms with E-state index in [1.807, 2.05) is 13.1 Å². The highest BCUT2D eigenvalue weighted by Gasteiger charge is 2.22. The van der Waals surface area contributed by atoms with E-state index >= 15 is 0 Å². The van der Waals surface area contributed by atoms with Crippen LogP contribution in [0.4, 0.5) is 10.1 Å². The van der Waals surface area contributed by atoms with Crippen molar-refractivity contribution < 1.29 is 4.39 Å². The summed E-state index contributed by atoms with van der Waals surface area (Å²) in [6.07, 6.45) is 2.23. The molecule has 0 bridgehead atoms. The van der Waals surface area contributed by atoms with Crippen LogP contribution >= 0.6 is 11.6 Å². The molecule has 1 aromatic carbocycles. The fourth-order valence-electron chi connectivity index (χ4n) is 2.59. The zero-order valence-corrected chi connectivity index (χ0v) is 11.8. The number of halogens is 2. The Morgan fingerprint density at radius 2 is 2.06 bits per heavy atom. The second-order valence-electron chi connectivity index (χ2n) is 5.02. The zero-order chi connectivity index (χ0) is 13.1. The van der Waals surface area contributed by atoms with Crippen molar-refractivity contribution in [3.8, 4) is 0 Å². The highest BCUT2D eigenvalue weighted by Crippen LogP contribution is 2.28. The highest BCUT2D eigenvalue weighted by molar-refractivity contribution is 6.17. The number of anilines is 1. The molecule has 1 aliphatic rings. The summed E-state index contributed by atoms with van der Waals surface area (Å²) in [5.74, 6) is 0.0150. The van der Waals surface area contributed by atoms with Crippen LogP contribution in [0.2, 0.25) is 0 Å². The van der Waals surface area contributed by atoms with E-state index in [1.54, 1.807) is 6.07 Å².